The summed E-state index contributed by atoms with van der Waals surface area (Å²) in [6.45, 7) is 18.8. The van der Waals surface area contributed by atoms with E-state index in [-0.39, 0.29) is 17.3 Å². The third kappa shape index (κ3) is 3.85. The van der Waals surface area contributed by atoms with Crippen LogP contribution in [-0.4, -0.2) is 66.1 Å². The number of ketones is 1. The smallest absolute Gasteiger partial charge is 0.171 e. The average Bonchev–Trinajstić information content (AvgIpc) is 2.49. The number of hydrogen-bond donors (Lipinski definition) is 0. The topological polar surface area (TPSA) is 32.8 Å². The first-order chi connectivity index (χ1) is 9.62. The monoisotopic (exact) mass is 296 g/mol. The van der Waals surface area contributed by atoms with Gasteiger partial charge in [-0.1, -0.05) is 13.8 Å². The van der Waals surface area contributed by atoms with Crippen LogP contribution in [0.4, 0.5) is 0 Å². The van der Waals surface area contributed by atoms with Gasteiger partial charge in [0.2, 0.25) is 0 Å². The molecule has 2 rings (SSSR count). The van der Waals surface area contributed by atoms with E-state index in [1.165, 1.54) is 6.54 Å². The van der Waals surface area contributed by atoms with Crippen LogP contribution in [0.3, 0.4) is 0 Å². The number of piperazine rings is 1. The predicted molar refractivity (Wildman–Crippen MR) is 85.5 cm³/mol. The van der Waals surface area contributed by atoms with Gasteiger partial charge < -0.3 is 9.64 Å². The van der Waals surface area contributed by atoms with Crippen molar-refractivity contribution in [2.75, 3.05) is 39.3 Å². The molecule has 122 valence electrons. The summed E-state index contributed by atoms with van der Waals surface area (Å²) in [5.41, 5.74) is -0.983. The number of carbonyl (C=O) groups is 1. The van der Waals surface area contributed by atoms with E-state index >= 15 is 0 Å². The highest BCUT2D eigenvalue weighted by Gasteiger charge is 2.53. The molecule has 1 atom stereocenters. The summed E-state index contributed by atoms with van der Waals surface area (Å²) < 4.78 is 5.99. The van der Waals surface area contributed by atoms with Crippen LogP contribution in [0.1, 0.15) is 41.5 Å². The van der Waals surface area contributed by atoms with Crippen LogP contribution in [0, 0.1) is 11.8 Å². The maximum atomic E-state index is 12.6. The third-order valence-corrected chi connectivity index (χ3v) is 4.80. The van der Waals surface area contributed by atoms with Crippen molar-refractivity contribution in [3.63, 3.8) is 0 Å². The predicted octanol–water partition coefficient (Wildman–Crippen LogP) is 2.03. The van der Waals surface area contributed by atoms with Gasteiger partial charge >= 0.3 is 0 Å². The number of rotatable bonds is 4. The lowest BCUT2D eigenvalue weighted by molar-refractivity contribution is -0.132. The standard InChI is InChI=1S/C17H32N2O2/c1-13(2)11-18-7-9-19(10-8-18)12-14-15(20)17(5,6)21-16(14,3)4/h13-14H,7-12H2,1-6H3. The second kappa shape index (κ2) is 5.98. The molecule has 0 radical (unpaired) electrons. The highest BCUT2D eigenvalue weighted by atomic mass is 16.5. The van der Waals surface area contributed by atoms with Crippen molar-refractivity contribution in [2.24, 2.45) is 11.8 Å². The summed E-state index contributed by atoms with van der Waals surface area (Å²) in [6.07, 6.45) is 0. The first kappa shape index (κ1) is 16.9. The Hall–Kier alpha value is -0.450. The zero-order chi connectivity index (χ0) is 15.8. The number of nitrogens with zero attached hydrogens (tertiary/aromatic N) is 2. The zero-order valence-corrected chi connectivity index (χ0v) is 14.6. The van der Waals surface area contributed by atoms with Crippen LogP contribution in [0.2, 0.25) is 0 Å². The van der Waals surface area contributed by atoms with E-state index in [4.69, 9.17) is 4.74 Å². The molecule has 0 spiro atoms. The van der Waals surface area contributed by atoms with E-state index in [1.807, 2.05) is 13.8 Å². The second-order valence-corrected chi connectivity index (χ2v) is 8.13. The lowest BCUT2D eigenvalue weighted by Gasteiger charge is -2.38. The average molecular weight is 296 g/mol. The zero-order valence-electron chi connectivity index (χ0n) is 14.6. The SMILES string of the molecule is CC(C)CN1CCN(CC2C(=O)C(C)(C)OC2(C)C)CC1. The minimum atomic E-state index is -0.631. The summed E-state index contributed by atoms with van der Waals surface area (Å²) in [5, 5.41) is 0. The molecule has 2 fully saturated rings. The highest BCUT2D eigenvalue weighted by molar-refractivity contribution is 5.91. The molecule has 0 aromatic carbocycles. The van der Waals surface area contributed by atoms with Gasteiger partial charge in [-0.25, -0.2) is 0 Å². The molecule has 0 N–H and O–H groups in total. The quantitative estimate of drug-likeness (QED) is 0.795. The van der Waals surface area contributed by atoms with Gasteiger partial charge in [0.05, 0.1) is 11.5 Å². The molecule has 0 bridgehead atoms. The Bertz CT molecular complexity index is 382. The Balaban J connectivity index is 1.90. The van der Waals surface area contributed by atoms with E-state index < -0.39 is 5.60 Å². The van der Waals surface area contributed by atoms with Crippen molar-refractivity contribution in [1.29, 1.82) is 0 Å². The Morgan fingerprint density at radius 2 is 1.62 bits per heavy atom. The van der Waals surface area contributed by atoms with Crippen molar-refractivity contribution >= 4 is 5.78 Å². The molecule has 4 nitrogen and oxygen atoms in total. The minimum absolute atomic E-state index is 0.0100. The van der Waals surface area contributed by atoms with Crippen LogP contribution in [0.5, 0.6) is 0 Å². The molecule has 2 aliphatic rings. The fraction of sp³-hybridized carbons (Fsp3) is 0.941. The molecule has 2 saturated heterocycles. The van der Waals surface area contributed by atoms with Crippen molar-refractivity contribution < 1.29 is 9.53 Å². The van der Waals surface area contributed by atoms with E-state index in [9.17, 15) is 4.79 Å². The number of carbonyl (C=O) groups excluding carboxylic acids is 1. The van der Waals surface area contributed by atoms with Crippen LogP contribution in [0.25, 0.3) is 0 Å². The van der Waals surface area contributed by atoms with Gasteiger partial charge in [-0.05, 0) is 33.6 Å². The van der Waals surface area contributed by atoms with Crippen molar-refractivity contribution in [1.82, 2.24) is 9.80 Å². The largest absolute Gasteiger partial charge is 0.361 e. The van der Waals surface area contributed by atoms with E-state index in [0.29, 0.717) is 0 Å². The van der Waals surface area contributed by atoms with Gasteiger partial charge in [0, 0.05) is 39.3 Å². The number of hydrogen-bond acceptors (Lipinski definition) is 4. The van der Waals surface area contributed by atoms with Crippen LogP contribution in [-0.2, 0) is 9.53 Å². The molecule has 1 unspecified atom stereocenters. The molecule has 21 heavy (non-hydrogen) atoms. The Labute approximate surface area is 129 Å². The third-order valence-electron chi connectivity index (χ3n) is 4.80. The maximum absolute atomic E-state index is 12.6. The van der Waals surface area contributed by atoms with Gasteiger partial charge in [0.1, 0.15) is 5.60 Å². The maximum Gasteiger partial charge on any atom is 0.171 e. The summed E-state index contributed by atoms with van der Waals surface area (Å²) in [7, 11) is 0. The normalized spacial score (nSPS) is 30.2. The summed E-state index contributed by atoms with van der Waals surface area (Å²) in [5.74, 6) is 0.974. The summed E-state index contributed by atoms with van der Waals surface area (Å²) >= 11 is 0. The molecular formula is C17H32N2O2. The molecule has 2 aliphatic heterocycles. The highest BCUT2D eigenvalue weighted by Crippen LogP contribution is 2.39. The second-order valence-electron chi connectivity index (χ2n) is 8.13. The van der Waals surface area contributed by atoms with Gasteiger partial charge in [0.25, 0.3) is 0 Å². The summed E-state index contributed by atoms with van der Waals surface area (Å²) in [4.78, 5) is 17.5. The fourth-order valence-electron chi connectivity index (χ4n) is 3.75. The van der Waals surface area contributed by atoms with Gasteiger partial charge in [-0.2, -0.15) is 0 Å². The molecule has 2 heterocycles. The molecule has 0 aliphatic carbocycles. The van der Waals surface area contributed by atoms with Gasteiger partial charge in [-0.3, -0.25) is 9.69 Å². The first-order valence-electron chi connectivity index (χ1n) is 8.31. The van der Waals surface area contributed by atoms with E-state index in [2.05, 4.69) is 37.5 Å². The summed E-state index contributed by atoms with van der Waals surface area (Å²) in [6, 6.07) is 0. The number of ether oxygens (including phenoxy) is 1. The lowest BCUT2D eigenvalue weighted by atomic mass is 9.85. The molecule has 0 saturated carbocycles. The molecule has 0 amide bonds. The lowest BCUT2D eigenvalue weighted by Crippen LogP contribution is -2.51. The fourth-order valence-corrected chi connectivity index (χ4v) is 3.75. The van der Waals surface area contributed by atoms with Crippen molar-refractivity contribution in [3.05, 3.63) is 0 Å². The van der Waals surface area contributed by atoms with Crippen molar-refractivity contribution in [2.45, 2.75) is 52.7 Å². The van der Waals surface area contributed by atoms with Gasteiger partial charge in [0.15, 0.2) is 5.78 Å². The van der Waals surface area contributed by atoms with E-state index in [1.54, 1.807) is 0 Å². The molecule has 0 aromatic heterocycles. The van der Waals surface area contributed by atoms with Gasteiger partial charge in [-0.15, -0.1) is 0 Å². The Morgan fingerprint density at radius 1 is 1.10 bits per heavy atom. The molecule has 4 heteroatoms. The van der Waals surface area contributed by atoms with Crippen molar-refractivity contribution in [3.8, 4) is 0 Å². The Morgan fingerprint density at radius 3 is 2.05 bits per heavy atom. The number of Topliss-reactive ketones (excluding diaryl/α,β-unsaturated/α-hetero) is 1. The van der Waals surface area contributed by atoms with Crippen LogP contribution in [0.15, 0.2) is 0 Å². The molecular weight excluding hydrogens is 264 g/mol. The molecule has 0 aromatic rings. The van der Waals surface area contributed by atoms with Crippen LogP contribution >= 0.6 is 0 Å². The minimum Gasteiger partial charge on any atom is -0.361 e. The first-order valence-corrected chi connectivity index (χ1v) is 8.31. The Kier molecular flexibility index (Phi) is 4.81. The van der Waals surface area contributed by atoms with E-state index in [0.717, 1.165) is 38.6 Å². The van der Waals surface area contributed by atoms with Crippen LogP contribution < -0.4 is 0 Å².